The van der Waals surface area contributed by atoms with E-state index in [1.54, 1.807) is 29.6 Å². The summed E-state index contributed by atoms with van der Waals surface area (Å²) in [6, 6.07) is 5.94. The second-order valence-electron chi connectivity index (χ2n) is 2.70. The first-order valence-electron chi connectivity index (χ1n) is 3.91. The molecule has 0 spiro atoms. The first-order chi connectivity index (χ1) is 6.29. The van der Waals surface area contributed by atoms with Crippen molar-refractivity contribution in [3.63, 3.8) is 0 Å². The lowest BCUT2D eigenvalue weighted by Gasteiger charge is -1.95. The highest BCUT2D eigenvalue weighted by atomic mass is 32.1. The molecule has 0 amide bonds. The summed E-state index contributed by atoms with van der Waals surface area (Å²) in [5.41, 5.74) is 0.840. The molecule has 13 heavy (non-hydrogen) atoms. The summed E-state index contributed by atoms with van der Waals surface area (Å²) < 4.78 is 0. The van der Waals surface area contributed by atoms with E-state index in [1.165, 1.54) is 4.88 Å². The van der Waals surface area contributed by atoms with Crippen LogP contribution in [-0.4, -0.2) is 5.78 Å². The number of hydrogen-bond donors (Lipinski definition) is 0. The molecule has 3 heteroatoms. The van der Waals surface area contributed by atoms with E-state index in [0.29, 0.717) is 0 Å². The van der Waals surface area contributed by atoms with Crippen molar-refractivity contribution in [2.45, 2.75) is 6.92 Å². The van der Waals surface area contributed by atoms with Crippen LogP contribution in [0.1, 0.15) is 17.3 Å². The van der Waals surface area contributed by atoms with Crippen LogP contribution in [0.3, 0.4) is 0 Å². The van der Waals surface area contributed by atoms with Gasteiger partial charge in [0.15, 0.2) is 5.78 Å². The van der Waals surface area contributed by atoms with Crippen molar-refractivity contribution < 1.29 is 4.79 Å². The Bertz CT molecular complexity index is 412. The van der Waals surface area contributed by atoms with Gasteiger partial charge in [0.05, 0.1) is 4.88 Å². The van der Waals surface area contributed by atoms with Crippen LogP contribution in [-0.2, 0) is 0 Å². The van der Waals surface area contributed by atoms with E-state index in [4.69, 9.17) is 0 Å². The van der Waals surface area contributed by atoms with Crippen LogP contribution in [0.2, 0.25) is 0 Å². The summed E-state index contributed by atoms with van der Waals surface area (Å²) in [4.78, 5) is 13.5. The molecule has 2 rings (SSSR count). The summed E-state index contributed by atoms with van der Waals surface area (Å²) >= 11 is 3.30. The Morgan fingerprint density at radius 1 is 1.23 bits per heavy atom. The fraction of sp³-hybridized carbons (Fsp3) is 0.100. The van der Waals surface area contributed by atoms with Gasteiger partial charge >= 0.3 is 0 Å². The quantitative estimate of drug-likeness (QED) is 0.688. The third-order valence-electron chi connectivity index (χ3n) is 1.79. The number of carbonyl (C=O) groups excluding carboxylic acids is 1. The van der Waals surface area contributed by atoms with E-state index < -0.39 is 0 Å². The van der Waals surface area contributed by atoms with Gasteiger partial charge in [-0.05, 0) is 29.8 Å². The molecule has 0 radical (unpaired) electrons. The molecule has 66 valence electrons. The zero-order valence-electron chi connectivity index (χ0n) is 7.11. The highest BCUT2D eigenvalue weighted by Gasteiger charge is 2.10. The minimum absolute atomic E-state index is 0.143. The fourth-order valence-electron chi connectivity index (χ4n) is 1.19. The van der Waals surface area contributed by atoms with Gasteiger partial charge < -0.3 is 0 Å². The number of hydrogen-bond acceptors (Lipinski definition) is 3. The number of carbonyl (C=O) groups is 1. The number of thiophene rings is 2. The molecule has 0 aliphatic heterocycles. The Hall–Kier alpha value is -0.930. The Balaban J connectivity index is 2.52. The molecule has 0 unspecified atom stereocenters. The summed E-state index contributed by atoms with van der Waals surface area (Å²) in [5, 5.41) is 3.99. The molecule has 0 aliphatic rings. The topological polar surface area (TPSA) is 17.1 Å². The summed E-state index contributed by atoms with van der Waals surface area (Å²) in [6.45, 7) is 1.61. The summed E-state index contributed by atoms with van der Waals surface area (Å²) in [7, 11) is 0. The van der Waals surface area contributed by atoms with Crippen LogP contribution in [0.25, 0.3) is 9.75 Å². The molecule has 0 N–H and O–H groups in total. The SMILES string of the molecule is CC(=O)c1ccsc1-c1cccs1. The minimum Gasteiger partial charge on any atom is -0.294 e. The Morgan fingerprint density at radius 2 is 2.08 bits per heavy atom. The van der Waals surface area contributed by atoms with E-state index in [2.05, 4.69) is 0 Å². The lowest BCUT2D eigenvalue weighted by molar-refractivity contribution is 0.101. The predicted molar refractivity (Wildman–Crippen MR) is 57.6 cm³/mol. The lowest BCUT2D eigenvalue weighted by Crippen LogP contribution is -1.89. The number of Topliss-reactive ketones (excluding diaryl/α,β-unsaturated/α-hetero) is 1. The second kappa shape index (κ2) is 3.44. The second-order valence-corrected chi connectivity index (χ2v) is 4.56. The highest BCUT2D eigenvalue weighted by molar-refractivity contribution is 7.20. The molecule has 0 fully saturated rings. The van der Waals surface area contributed by atoms with Gasteiger partial charge in [0, 0.05) is 10.4 Å². The van der Waals surface area contributed by atoms with Crippen LogP contribution in [0, 0.1) is 0 Å². The maximum Gasteiger partial charge on any atom is 0.161 e. The van der Waals surface area contributed by atoms with Crippen molar-refractivity contribution in [2.24, 2.45) is 0 Å². The van der Waals surface area contributed by atoms with Gasteiger partial charge in [0.25, 0.3) is 0 Å². The monoisotopic (exact) mass is 208 g/mol. The van der Waals surface area contributed by atoms with Crippen LogP contribution < -0.4 is 0 Å². The van der Waals surface area contributed by atoms with E-state index in [-0.39, 0.29) is 5.78 Å². The normalized spacial score (nSPS) is 10.2. The van der Waals surface area contributed by atoms with Gasteiger partial charge in [-0.15, -0.1) is 22.7 Å². The Morgan fingerprint density at radius 3 is 2.69 bits per heavy atom. The van der Waals surface area contributed by atoms with Gasteiger partial charge in [0.2, 0.25) is 0 Å². The number of rotatable bonds is 2. The molecule has 0 atom stereocenters. The fourth-order valence-corrected chi connectivity index (χ4v) is 3.01. The molecule has 2 aromatic heterocycles. The van der Waals surface area contributed by atoms with Crippen molar-refractivity contribution in [1.29, 1.82) is 0 Å². The maximum atomic E-state index is 11.2. The first kappa shape index (κ1) is 8.66. The van der Waals surface area contributed by atoms with Crippen LogP contribution in [0.4, 0.5) is 0 Å². The molecular weight excluding hydrogens is 200 g/mol. The van der Waals surface area contributed by atoms with Gasteiger partial charge in [-0.25, -0.2) is 0 Å². The largest absolute Gasteiger partial charge is 0.294 e. The minimum atomic E-state index is 0.143. The van der Waals surface area contributed by atoms with Crippen molar-refractivity contribution >= 4 is 28.5 Å². The molecule has 0 aliphatic carbocycles. The lowest BCUT2D eigenvalue weighted by atomic mass is 10.2. The van der Waals surface area contributed by atoms with Crippen molar-refractivity contribution in [2.75, 3.05) is 0 Å². The molecule has 0 saturated carbocycles. The average Bonchev–Trinajstić information content (AvgIpc) is 2.74. The third-order valence-corrected chi connectivity index (χ3v) is 3.75. The maximum absolute atomic E-state index is 11.2. The summed E-state index contributed by atoms with van der Waals surface area (Å²) in [6.07, 6.45) is 0. The molecule has 0 saturated heterocycles. The standard InChI is InChI=1S/C10H8OS2/c1-7(11)8-4-6-13-10(8)9-3-2-5-12-9/h2-6H,1H3. The van der Waals surface area contributed by atoms with E-state index in [0.717, 1.165) is 10.4 Å². The molecule has 0 bridgehead atoms. The first-order valence-corrected chi connectivity index (χ1v) is 5.67. The summed E-state index contributed by atoms with van der Waals surface area (Å²) in [5.74, 6) is 0.143. The van der Waals surface area contributed by atoms with Gasteiger partial charge in [-0.1, -0.05) is 6.07 Å². The number of ketones is 1. The molecule has 2 aromatic rings. The molecule has 2 heterocycles. The van der Waals surface area contributed by atoms with Crippen molar-refractivity contribution in [3.8, 4) is 9.75 Å². The van der Waals surface area contributed by atoms with Crippen LogP contribution >= 0.6 is 22.7 Å². The van der Waals surface area contributed by atoms with Crippen molar-refractivity contribution in [1.82, 2.24) is 0 Å². The van der Waals surface area contributed by atoms with Gasteiger partial charge in [-0.3, -0.25) is 4.79 Å². The zero-order valence-corrected chi connectivity index (χ0v) is 8.74. The smallest absolute Gasteiger partial charge is 0.161 e. The zero-order chi connectivity index (χ0) is 9.26. The molecule has 0 aromatic carbocycles. The highest BCUT2D eigenvalue weighted by Crippen LogP contribution is 2.32. The van der Waals surface area contributed by atoms with E-state index in [9.17, 15) is 4.79 Å². The van der Waals surface area contributed by atoms with E-state index >= 15 is 0 Å². The van der Waals surface area contributed by atoms with Gasteiger partial charge in [-0.2, -0.15) is 0 Å². The van der Waals surface area contributed by atoms with Crippen molar-refractivity contribution in [3.05, 3.63) is 34.5 Å². The Labute approximate surface area is 84.7 Å². The average molecular weight is 208 g/mol. The molecular formula is C10H8OS2. The predicted octanol–water partition coefficient (Wildman–Crippen LogP) is 3.68. The molecule has 1 nitrogen and oxygen atoms in total. The third kappa shape index (κ3) is 1.57. The Kier molecular flexibility index (Phi) is 2.29. The van der Waals surface area contributed by atoms with Crippen LogP contribution in [0.5, 0.6) is 0 Å². The van der Waals surface area contributed by atoms with Gasteiger partial charge in [0.1, 0.15) is 0 Å². The van der Waals surface area contributed by atoms with E-state index in [1.807, 2.05) is 29.0 Å². The van der Waals surface area contributed by atoms with Crippen LogP contribution in [0.15, 0.2) is 29.0 Å².